The normalized spacial score (nSPS) is 13.1. The zero-order chi connectivity index (χ0) is 11.2. The number of rotatable bonds is 5. The first-order valence-electron chi connectivity index (χ1n) is 4.96. The largest absolute Gasteiger partial charge is 0.460 e. The average molecular weight is 197 g/mol. The van der Waals surface area contributed by atoms with Crippen LogP contribution in [0.3, 0.4) is 0 Å². The zero-order valence-electron chi connectivity index (χ0n) is 9.46. The minimum Gasteiger partial charge on any atom is -0.460 e. The Bertz CT molecular complexity index is 228. The van der Waals surface area contributed by atoms with E-state index >= 15 is 0 Å². The number of nitriles is 1. The molecule has 14 heavy (non-hydrogen) atoms. The minimum absolute atomic E-state index is 0.248. The van der Waals surface area contributed by atoms with Crippen molar-refractivity contribution >= 4 is 5.97 Å². The van der Waals surface area contributed by atoms with Crippen molar-refractivity contribution in [3.8, 4) is 6.07 Å². The summed E-state index contributed by atoms with van der Waals surface area (Å²) in [7, 11) is 0. The van der Waals surface area contributed by atoms with Gasteiger partial charge in [0.25, 0.3) is 0 Å². The number of nitrogens with zero attached hydrogens (tertiary/aromatic N) is 1. The molecule has 0 N–H and O–H groups in total. The van der Waals surface area contributed by atoms with Crippen LogP contribution in [0.4, 0.5) is 0 Å². The summed E-state index contributed by atoms with van der Waals surface area (Å²) in [4.78, 5) is 10.8. The topological polar surface area (TPSA) is 50.1 Å². The summed E-state index contributed by atoms with van der Waals surface area (Å²) in [6.45, 7) is 7.28. The maximum Gasteiger partial charge on any atom is 0.303 e. The van der Waals surface area contributed by atoms with Crippen LogP contribution in [0, 0.1) is 17.2 Å². The van der Waals surface area contributed by atoms with E-state index in [0.29, 0.717) is 6.42 Å². The molecule has 3 nitrogen and oxygen atoms in total. The molecular formula is C11H19NO2. The van der Waals surface area contributed by atoms with Crippen molar-refractivity contribution < 1.29 is 9.53 Å². The molecule has 0 saturated carbocycles. The summed E-state index contributed by atoms with van der Waals surface area (Å²) in [6.07, 6.45) is 2.34. The van der Waals surface area contributed by atoms with Gasteiger partial charge in [0.15, 0.2) is 0 Å². The van der Waals surface area contributed by atoms with Crippen LogP contribution in [-0.2, 0) is 9.53 Å². The Hall–Kier alpha value is -1.04. The van der Waals surface area contributed by atoms with Crippen molar-refractivity contribution in [1.82, 2.24) is 0 Å². The fourth-order valence-corrected chi connectivity index (χ4v) is 1.31. The van der Waals surface area contributed by atoms with Gasteiger partial charge in [0, 0.05) is 13.3 Å². The van der Waals surface area contributed by atoms with Crippen LogP contribution in [0.1, 0.15) is 47.0 Å². The van der Waals surface area contributed by atoms with E-state index in [-0.39, 0.29) is 11.9 Å². The Balaban J connectivity index is 4.01. The van der Waals surface area contributed by atoms with Gasteiger partial charge in [-0.2, -0.15) is 5.26 Å². The first kappa shape index (κ1) is 13.0. The Morgan fingerprint density at radius 2 is 2.14 bits per heavy atom. The van der Waals surface area contributed by atoms with Crippen molar-refractivity contribution in [2.24, 2.45) is 5.92 Å². The third-order valence-electron chi connectivity index (χ3n) is 2.52. The number of unbranched alkanes of at least 4 members (excludes halogenated alkanes) is 1. The molecule has 0 aliphatic carbocycles. The summed E-state index contributed by atoms with van der Waals surface area (Å²) in [5.41, 5.74) is -0.429. The van der Waals surface area contributed by atoms with Gasteiger partial charge in [-0.15, -0.1) is 0 Å². The summed E-state index contributed by atoms with van der Waals surface area (Å²) in [5.74, 6) is 0.0295. The van der Waals surface area contributed by atoms with Gasteiger partial charge in [0.2, 0.25) is 0 Å². The smallest absolute Gasteiger partial charge is 0.303 e. The number of ether oxygens (including phenoxy) is 1. The van der Waals surface area contributed by atoms with E-state index in [4.69, 9.17) is 10.00 Å². The lowest BCUT2D eigenvalue weighted by molar-refractivity contribution is -0.158. The van der Waals surface area contributed by atoms with E-state index < -0.39 is 5.60 Å². The predicted octanol–water partition coefficient (Wildman–Crippen LogP) is 2.66. The molecule has 0 rings (SSSR count). The lowest BCUT2D eigenvalue weighted by Crippen LogP contribution is -2.34. The van der Waals surface area contributed by atoms with E-state index in [1.165, 1.54) is 6.92 Å². The Morgan fingerprint density at radius 1 is 1.57 bits per heavy atom. The highest BCUT2D eigenvalue weighted by molar-refractivity contribution is 5.66. The highest BCUT2D eigenvalue weighted by Gasteiger charge is 2.28. The first-order chi connectivity index (χ1) is 6.40. The quantitative estimate of drug-likeness (QED) is 0.503. The second-order valence-corrected chi connectivity index (χ2v) is 4.15. The summed E-state index contributed by atoms with van der Waals surface area (Å²) in [5, 5.41) is 8.39. The van der Waals surface area contributed by atoms with E-state index in [9.17, 15) is 4.79 Å². The van der Waals surface area contributed by atoms with Gasteiger partial charge in [-0.05, 0) is 32.6 Å². The molecule has 1 unspecified atom stereocenters. The third kappa shape index (κ3) is 4.86. The molecule has 0 aliphatic heterocycles. The molecule has 1 atom stereocenters. The van der Waals surface area contributed by atoms with Crippen molar-refractivity contribution in [2.75, 3.05) is 0 Å². The second-order valence-electron chi connectivity index (χ2n) is 4.15. The van der Waals surface area contributed by atoms with Crippen molar-refractivity contribution in [3.63, 3.8) is 0 Å². The second kappa shape index (κ2) is 5.64. The Morgan fingerprint density at radius 3 is 2.57 bits per heavy atom. The standard InChI is InChI=1S/C11H19NO2/c1-9(7-5-6-8-12)11(3,4)14-10(2)13/h9H,5-7H2,1-4H3. The number of carbonyl (C=O) groups excluding carboxylic acids is 1. The van der Waals surface area contributed by atoms with Crippen molar-refractivity contribution in [2.45, 2.75) is 52.6 Å². The van der Waals surface area contributed by atoms with Gasteiger partial charge in [0.1, 0.15) is 5.60 Å². The zero-order valence-corrected chi connectivity index (χ0v) is 9.46. The van der Waals surface area contributed by atoms with Gasteiger partial charge in [-0.25, -0.2) is 0 Å². The molecule has 0 spiro atoms. The predicted molar refractivity (Wildman–Crippen MR) is 54.5 cm³/mol. The fraction of sp³-hybridized carbons (Fsp3) is 0.818. The lowest BCUT2D eigenvalue weighted by atomic mass is 9.88. The average Bonchev–Trinajstić information content (AvgIpc) is 2.02. The number of hydrogen-bond donors (Lipinski definition) is 0. The van der Waals surface area contributed by atoms with Crippen LogP contribution in [0.25, 0.3) is 0 Å². The van der Waals surface area contributed by atoms with Crippen LogP contribution in [0.5, 0.6) is 0 Å². The van der Waals surface area contributed by atoms with Gasteiger partial charge < -0.3 is 4.74 Å². The summed E-state index contributed by atoms with van der Waals surface area (Å²) < 4.78 is 5.21. The van der Waals surface area contributed by atoms with Gasteiger partial charge >= 0.3 is 5.97 Å². The van der Waals surface area contributed by atoms with E-state index in [1.807, 2.05) is 20.8 Å². The molecule has 0 aromatic rings. The SMILES string of the molecule is CC(=O)OC(C)(C)C(C)CCCC#N. The molecule has 0 heterocycles. The molecule has 0 bridgehead atoms. The van der Waals surface area contributed by atoms with E-state index in [1.54, 1.807) is 0 Å². The molecule has 0 aromatic heterocycles. The molecule has 0 aliphatic rings. The lowest BCUT2D eigenvalue weighted by Gasteiger charge is -2.31. The summed E-state index contributed by atoms with van der Waals surface area (Å²) >= 11 is 0. The maximum atomic E-state index is 10.8. The van der Waals surface area contributed by atoms with Gasteiger partial charge in [-0.3, -0.25) is 4.79 Å². The molecule has 0 saturated heterocycles. The number of carbonyl (C=O) groups is 1. The van der Waals surface area contributed by atoms with E-state index in [2.05, 4.69) is 6.07 Å². The number of esters is 1. The van der Waals surface area contributed by atoms with Crippen molar-refractivity contribution in [1.29, 1.82) is 5.26 Å². The Labute approximate surface area is 86.1 Å². The molecule has 80 valence electrons. The highest BCUT2D eigenvalue weighted by Crippen LogP contribution is 2.25. The fourth-order valence-electron chi connectivity index (χ4n) is 1.31. The highest BCUT2D eigenvalue weighted by atomic mass is 16.6. The van der Waals surface area contributed by atoms with E-state index in [0.717, 1.165) is 12.8 Å². The molecular weight excluding hydrogens is 178 g/mol. The maximum absolute atomic E-state index is 10.8. The van der Waals surface area contributed by atoms with Crippen LogP contribution in [0.15, 0.2) is 0 Å². The molecule has 3 heteroatoms. The van der Waals surface area contributed by atoms with Crippen molar-refractivity contribution in [3.05, 3.63) is 0 Å². The minimum atomic E-state index is -0.429. The van der Waals surface area contributed by atoms with Crippen LogP contribution in [-0.4, -0.2) is 11.6 Å². The Kier molecular flexibility index (Phi) is 5.22. The van der Waals surface area contributed by atoms with Crippen LogP contribution >= 0.6 is 0 Å². The molecule has 0 fully saturated rings. The van der Waals surface area contributed by atoms with Crippen LogP contribution in [0.2, 0.25) is 0 Å². The molecule has 0 aromatic carbocycles. The van der Waals surface area contributed by atoms with Gasteiger partial charge in [0.05, 0.1) is 6.07 Å². The van der Waals surface area contributed by atoms with Gasteiger partial charge in [-0.1, -0.05) is 6.92 Å². The first-order valence-corrected chi connectivity index (χ1v) is 4.96. The van der Waals surface area contributed by atoms with Crippen LogP contribution < -0.4 is 0 Å². The third-order valence-corrected chi connectivity index (χ3v) is 2.52. The molecule has 0 radical (unpaired) electrons. The molecule has 0 amide bonds. The number of hydrogen-bond acceptors (Lipinski definition) is 3. The summed E-state index contributed by atoms with van der Waals surface area (Å²) in [6, 6.07) is 2.11. The monoisotopic (exact) mass is 197 g/mol.